The molecule has 2 aromatic rings. The quantitative estimate of drug-likeness (QED) is 0.686. The largest absolute Gasteiger partial charge is 0.417 e. The van der Waals surface area contributed by atoms with Gasteiger partial charge in [-0.3, -0.25) is 14.5 Å². The molecule has 1 atom stereocenters. The molecule has 11 heteroatoms. The van der Waals surface area contributed by atoms with E-state index < -0.39 is 40.5 Å². The van der Waals surface area contributed by atoms with Crippen molar-refractivity contribution in [1.29, 1.82) is 5.26 Å². The highest BCUT2D eigenvalue weighted by atomic mass is 19.4. The third-order valence-corrected chi connectivity index (χ3v) is 5.26. The van der Waals surface area contributed by atoms with Crippen molar-refractivity contribution in [3.05, 3.63) is 71.3 Å². The molecule has 2 N–H and O–H groups in total. The summed E-state index contributed by atoms with van der Waals surface area (Å²) in [4.78, 5) is 27.0. The predicted octanol–water partition coefficient (Wildman–Crippen LogP) is 3.54. The molecule has 3 rings (SSSR count). The molecular weight excluding hydrogens is 444 g/mol. The van der Waals surface area contributed by atoms with Crippen molar-refractivity contribution in [2.75, 3.05) is 23.5 Å². The molecule has 7 nitrogen and oxygen atoms in total. The van der Waals surface area contributed by atoms with Crippen LogP contribution >= 0.6 is 0 Å². The Morgan fingerprint density at radius 1 is 1.24 bits per heavy atom. The van der Waals surface area contributed by atoms with Crippen LogP contribution in [0.1, 0.15) is 28.4 Å². The molecule has 1 heterocycles. The minimum atomic E-state index is -4.84. The molecule has 172 valence electrons. The third-order valence-electron chi connectivity index (χ3n) is 5.26. The zero-order valence-corrected chi connectivity index (χ0v) is 17.5. The van der Waals surface area contributed by atoms with Gasteiger partial charge in [-0.1, -0.05) is 6.58 Å². The van der Waals surface area contributed by atoms with Crippen molar-refractivity contribution in [3.63, 3.8) is 0 Å². The summed E-state index contributed by atoms with van der Waals surface area (Å²) in [6.45, 7) is 5.07. The number of ether oxygens (including phenoxy) is 1. The van der Waals surface area contributed by atoms with E-state index in [1.807, 2.05) is 0 Å². The molecule has 1 aliphatic rings. The maximum absolute atomic E-state index is 14.5. The molecule has 0 spiro atoms. The van der Waals surface area contributed by atoms with E-state index in [1.165, 1.54) is 37.1 Å². The molecular formula is C22H18F4N4O3. The van der Waals surface area contributed by atoms with E-state index in [2.05, 4.69) is 6.58 Å². The van der Waals surface area contributed by atoms with E-state index in [0.29, 0.717) is 6.07 Å². The lowest BCUT2D eigenvalue weighted by atomic mass is 10.00. The molecule has 1 aliphatic heterocycles. The second kappa shape index (κ2) is 8.22. The third kappa shape index (κ3) is 3.89. The molecule has 1 fully saturated rings. The van der Waals surface area contributed by atoms with Crippen molar-refractivity contribution < 1.29 is 31.9 Å². The van der Waals surface area contributed by atoms with Gasteiger partial charge >= 0.3 is 6.18 Å². The number of rotatable bonds is 5. The fourth-order valence-corrected chi connectivity index (χ4v) is 3.79. The number of alkyl halides is 3. The maximum Gasteiger partial charge on any atom is 0.417 e. The fraction of sp³-hybridized carbons (Fsp3) is 0.227. The summed E-state index contributed by atoms with van der Waals surface area (Å²) in [5, 5.41) is 9.03. The Morgan fingerprint density at radius 2 is 1.88 bits per heavy atom. The average Bonchev–Trinajstić information content (AvgIpc) is 2.92. The van der Waals surface area contributed by atoms with Crippen molar-refractivity contribution >= 4 is 23.2 Å². The van der Waals surface area contributed by atoms with E-state index in [9.17, 15) is 27.2 Å². The van der Waals surface area contributed by atoms with Crippen molar-refractivity contribution in [2.45, 2.75) is 18.6 Å². The lowest BCUT2D eigenvalue weighted by molar-refractivity contribution is -0.137. The van der Waals surface area contributed by atoms with Crippen LogP contribution in [0.25, 0.3) is 0 Å². The molecule has 0 bridgehead atoms. The first-order valence-electron chi connectivity index (χ1n) is 9.40. The lowest BCUT2D eigenvalue weighted by Gasteiger charge is -2.33. The van der Waals surface area contributed by atoms with E-state index in [-0.39, 0.29) is 29.4 Å². The molecule has 0 unspecified atom stereocenters. The van der Waals surface area contributed by atoms with Gasteiger partial charge in [0, 0.05) is 12.8 Å². The highest BCUT2D eigenvalue weighted by Crippen LogP contribution is 2.43. The Labute approximate surface area is 186 Å². The zero-order valence-electron chi connectivity index (χ0n) is 17.5. The second-order valence-corrected chi connectivity index (χ2v) is 7.47. The van der Waals surface area contributed by atoms with Crippen LogP contribution in [0.2, 0.25) is 0 Å². The fourth-order valence-electron chi connectivity index (χ4n) is 3.79. The normalized spacial score (nSPS) is 18.6. The smallest absolute Gasteiger partial charge is 0.382 e. The lowest BCUT2D eigenvalue weighted by Crippen LogP contribution is -2.50. The van der Waals surface area contributed by atoms with Gasteiger partial charge in [0.15, 0.2) is 0 Å². The topological polar surface area (TPSA) is 99.7 Å². The van der Waals surface area contributed by atoms with Gasteiger partial charge in [0.2, 0.25) is 0 Å². The molecule has 2 amide bonds. The van der Waals surface area contributed by atoms with Crippen LogP contribution < -0.4 is 15.5 Å². The SMILES string of the molecule is C=C1N(c2ccc(C#N)c(C(F)(F)F)c2)C(=O)[C@@](C)(COC)N1c1ccc(C(N)=O)c(F)c1. The summed E-state index contributed by atoms with van der Waals surface area (Å²) >= 11 is 0. The predicted molar refractivity (Wildman–Crippen MR) is 110 cm³/mol. The summed E-state index contributed by atoms with van der Waals surface area (Å²) in [5.74, 6) is -2.71. The van der Waals surface area contributed by atoms with Gasteiger partial charge in [0.25, 0.3) is 11.8 Å². The van der Waals surface area contributed by atoms with Crippen LogP contribution in [0, 0.1) is 17.1 Å². The monoisotopic (exact) mass is 462 g/mol. The molecule has 0 aliphatic carbocycles. The first-order chi connectivity index (χ1) is 15.4. The maximum atomic E-state index is 14.5. The summed E-state index contributed by atoms with van der Waals surface area (Å²) in [5.41, 5.74) is 1.34. The number of nitriles is 1. The Kier molecular flexibility index (Phi) is 5.91. The van der Waals surface area contributed by atoms with Crippen LogP contribution in [0.15, 0.2) is 48.8 Å². The number of hydrogen-bond acceptors (Lipinski definition) is 5. The average molecular weight is 462 g/mol. The molecule has 1 saturated heterocycles. The molecule has 0 saturated carbocycles. The number of amides is 2. The van der Waals surface area contributed by atoms with Gasteiger partial charge in [-0.15, -0.1) is 0 Å². The van der Waals surface area contributed by atoms with Crippen LogP contribution in [-0.4, -0.2) is 31.1 Å². The van der Waals surface area contributed by atoms with Gasteiger partial charge in [0.05, 0.1) is 35.1 Å². The Hall–Kier alpha value is -3.91. The van der Waals surface area contributed by atoms with Crippen LogP contribution in [0.4, 0.5) is 28.9 Å². The molecule has 0 radical (unpaired) electrons. The number of carbonyl (C=O) groups excluding carboxylic acids is 2. The number of carbonyl (C=O) groups is 2. The van der Waals surface area contributed by atoms with Gasteiger partial charge in [-0.2, -0.15) is 18.4 Å². The highest BCUT2D eigenvalue weighted by molar-refractivity contribution is 6.10. The van der Waals surface area contributed by atoms with E-state index in [4.69, 9.17) is 15.7 Å². The first kappa shape index (κ1) is 23.7. The summed E-state index contributed by atoms with van der Waals surface area (Å²) in [6.07, 6.45) is -4.84. The van der Waals surface area contributed by atoms with Crippen molar-refractivity contribution in [2.24, 2.45) is 5.73 Å². The van der Waals surface area contributed by atoms with Gasteiger partial charge in [0.1, 0.15) is 17.2 Å². The molecule has 0 aromatic heterocycles. The molecule has 2 aromatic carbocycles. The number of benzene rings is 2. The van der Waals surface area contributed by atoms with Gasteiger partial charge in [-0.05, 0) is 43.3 Å². The van der Waals surface area contributed by atoms with Crippen LogP contribution in [-0.2, 0) is 15.7 Å². The number of methoxy groups -OCH3 is 1. The number of nitrogens with two attached hydrogens (primary N) is 1. The minimum Gasteiger partial charge on any atom is -0.382 e. The summed E-state index contributed by atoms with van der Waals surface area (Å²) in [7, 11) is 1.32. The minimum absolute atomic E-state index is 0.0800. The van der Waals surface area contributed by atoms with E-state index in [0.717, 1.165) is 23.1 Å². The number of hydrogen-bond donors (Lipinski definition) is 1. The first-order valence-corrected chi connectivity index (χ1v) is 9.40. The number of halogens is 4. The van der Waals surface area contributed by atoms with Crippen LogP contribution in [0.3, 0.4) is 0 Å². The van der Waals surface area contributed by atoms with Gasteiger partial charge in [-0.25, -0.2) is 4.39 Å². The Morgan fingerprint density at radius 3 is 2.39 bits per heavy atom. The number of anilines is 2. The van der Waals surface area contributed by atoms with Crippen LogP contribution in [0.5, 0.6) is 0 Å². The van der Waals surface area contributed by atoms with Crippen molar-refractivity contribution in [1.82, 2.24) is 0 Å². The molecule has 33 heavy (non-hydrogen) atoms. The number of nitrogens with zero attached hydrogens (tertiary/aromatic N) is 3. The summed E-state index contributed by atoms with van der Waals surface area (Å²) in [6, 6.07) is 7.72. The van der Waals surface area contributed by atoms with Gasteiger partial charge < -0.3 is 15.4 Å². The van der Waals surface area contributed by atoms with E-state index in [1.54, 1.807) is 0 Å². The highest BCUT2D eigenvalue weighted by Gasteiger charge is 2.53. The summed E-state index contributed by atoms with van der Waals surface area (Å²) < 4.78 is 60.0. The standard InChI is InChI=1S/C22H18F4N4O3/c1-12-29(14-5-4-13(10-27)17(8-14)22(24,25)26)20(32)21(2,11-33-3)30(12)15-6-7-16(19(28)31)18(23)9-15/h4-9H,1,11H2,2-3H3,(H2,28,31)/t21-/m1/s1. The number of primary amides is 1. The zero-order chi connectivity index (χ0) is 24.7. The van der Waals surface area contributed by atoms with E-state index >= 15 is 0 Å². The van der Waals surface area contributed by atoms with Crippen molar-refractivity contribution in [3.8, 4) is 6.07 Å². The second-order valence-electron chi connectivity index (χ2n) is 7.47. The Bertz CT molecular complexity index is 1210. The Balaban J connectivity index is 2.17.